The van der Waals surface area contributed by atoms with Crippen molar-refractivity contribution in [1.29, 1.82) is 0 Å². The second-order valence-electron chi connectivity index (χ2n) is 4.80. The third-order valence-electron chi connectivity index (χ3n) is 3.05. The second kappa shape index (κ2) is 7.88. The highest BCUT2D eigenvalue weighted by molar-refractivity contribution is 7.90. The number of rotatable bonds is 8. The van der Waals surface area contributed by atoms with E-state index in [2.05, 4.69) is 12.2 Å². The molecule has 0 amide bonds. The number of benzene rings is 1. The molecule has 0 aliphatic carbocycles. The van der Waals surface area contributed by atoms with Gasteiger partial charge in [-0.2, -0.15) is 0 Å². The molecule has 19 heavy (non-hydrogen) atoms. The van der Waals surface area contributed by atoms with Crippen molar-refractivity contribution in [3.8, 4) is 0 Å². The predicted molar refractivity (Wildman–Crippen MR) is 81.7 cm³/mol. The van der Waals surface area contributed by atoms with Gasteiger partial charge in [-0.1, -0.05) is 36.7 Å². The summed E-state index contributed by atoms with van der Waals surface area (Å²) < 4.78 is 22.4. The van der Waals surface area contributed by atoms with E-state index in [0.29, 0.717) is 6.42 Å². The Morgan fingerprint density at radius 3 is 2.58 bits per heavy atom. The summed E-state index contributed by atoms with van der Waals surface area (Å²) >= 11 is 6.22. The largest absolute Gasteiger partial charge is 0.316 e. The van der Waals surface area contributed by atoms with E-state index in [1.165, 1.54) is 6.26 Å². The minimum atomic E-state index is -2.89. The summed E-state index contributed by atoms with van der Waals surface area (Å²) in [7, 11) is -2.89. The molecule has 0 radical (unpaired) electrons. The summed E-state index contributed by atoms with van der Waals surface area (Å²) in [5.74, 6) is 0.496. The Morgan fingerprint density at radius 2 is 2.00 bits per heavy atom. The summed E-state index contributed by atoms with van der Waals surface area (Å²) in [6, 6.07) is 7.78. The van der Waals surface area contributed by atoms with Crippen molar-refractivity contribution < 1.29 is 8.42 Å². The first kappa shape index (κ1) is 16.5. The molecule has 108 valence electrons. The maximum absolute atomic E-state index is 11.2. The van der Waals surface area contributed by atoms with E-state index in [0.717, 1.165) is 30.1 Å². The number of hydrogen-bond acceptors (Lipinski definition) is 3. The number of nitrogens with one attached hydrogen (secondary N) is 1. The first-order valence-corrected chi connectivity index (χ1v) is 9.00. The minimum Gasteiger partial charge on any atom is -0.316 e. The summed E-state index contributed by atoms with van der Waals surface area (Å²) in [5, 5.41) is 4.07. The van der Waals surface area contributed by atoms with Gasteiger partial charge in [0.05, 0.1) is 0 Å². The number of likely N-dealkylation sites (N-methyl/N-ethyl adjacent to an activating group) is 1. The average molecular weight is 304 g/mol. The Labute approximate surface area is 121 Å². The molecule has 5 heteroatoms. The molecule has 3 nitrogen and oxygen atoms in total. The van der Waals surface area contributed by atoms with E-state index in [1.54, 1.807) is 0 Å². The van der Waals surface area contributed by atoms with Gasteiger partial charge in [-0.3, -0.25) is 0 Å². The Balaban J connectivity index is 2.69. The van der Waals surface area contributed by atoms with Crippen molar-refractivity contribution in [2.75, 3.05) is 25.1 Å². The molecular formula is C14H22ClNO2S. The van der Waals surface area contributed by atoms with Crippen LogP contribution in [0.5, 0.6) is 0 Å². The molecule has 0 aliphatic heterocycles. The van der Waals surface area contributed by atoms with Gasteiger partial charge in [0.15, 0.2) is 0 Å². The lowest BCUT2D eigenvalue weighted by molar-refractivity contribution is 0.549. The Hall–Kier alpha value is -0.580. The van der Waals surface area contributed by atoms with Crippen LogP contribution in [0.2, 0.25) is 5.02 Å². The number of halogens is 1. The lowest BCUT2D eigenvalue weighted by atomic mass is 9.94. The van der Waals surface area contributed by atoms with Crippen LogP contribution < -0.4 is 5.32 Å². The molecule has 1 atom stereocenters. The van der Waals surface area contributed by atoms with Gasteiger partial charge < -0.3 is 5.32 Å². The zero-order valence-electron chi connectivity index (χ0n) is 11.5. The van der Waals surface area contributed by atoms with E-state index >= 15 is 0 Å². The van der Waals surface area contributed by atoms with Crippen molar-refractivity contribution in [1.82, 2.24) is 5.32 Å². The van der Waals surface area contributed by atoms with Crippen molar-refractivity contribution in [2.45, 2.75) is 25.7 Å². The standard InChI is InChI=1S/C14H22ClNO2S/c1-3-16-11-12(7-6-10-19(2,17)18)13-8-4-5-9-14(13)15/h4-5,8-9,12,16H,3,6-7,10-11H2,1-2H3. The highest BCUT2D eigenvalue weighted by Crippen LogP contribution is 2.27. The topological polar surface area (TPSA) is 46.2 Å². The molecule has 1 unspecified atom stereocenters. The molecular weight excluding hydrogens is 282 g/mol. The Morgan fingerprint density at radius 1 is 1.32 bits per heavy atom. The van der Waals surface area contributed by atoms with E-state index < -0.39 is 9.84 Å². The van der Waals surface area contributed by atoms with Crippen LogP contribution in [0.1, 0.15) is 31.2 Å². The summed E-state index contributed by atoms with van der Waals surface area (Å²) in [6.45, 7) is 3.77. The Bertz CT molecular complexity index is 488. The molecule has 0 fully saturated rings. The average Bonchev–Trinajstić information content (AvgIpc) is 2.33. The van der Waals surface area contributed by atoms with E-state index in [-0.39, 0.29) is 11.7 Å². The van der Waals surface area contributed by atoms with Crippen LogP contribution >= 0.6 is 11.6 Å². The van der Waals surface area contributed by atoms with Gasteiger partial charge in [0.1, 0.15) is 9.84 Å². The second-order valence-corrected chi connectivity index (χ2v) is 7.47. The predicted octanol–water partition coefficient (Wildman–Crippen LogP) is 2.86. The van der Waals surface area contributed by atoms with Crippen LogP contribution in [0.4, 0.5) is 0 Å². The number of sulfone groups is 1. The first-order valence-electron chi connectivity index (χ1n) is 6.57. The summed E-state index contributed by atoms with van der Waals surface area (Å²) in [5.41, 5.74) is 1.10. The van der Waals surface area contributed by atoms with Crippen LogP contribution in [0, 0.1) is 0 Å². The fraction of sp³-hybridized carbons (Fsp3) is 0.571. The zero-order chi connectivity index (χ0) is 14.3. The lowest BCUT2D eigenvalue weighted by Crippen LogP contribution is -2.22. The molecule has 1 rings (SSSR count). The van der Waals surface area contributed by atoms with Crippen LogP contribution in [0.15, 0.2) is 24.3 Å². The van der Waals surface area contributed by atoms with Crippen molar-refractivity contribution >= 4 is 21.4 Å². The summed E-state index contributed by atoms with van der Waals surface area (Å²) in [6.07, 6.45) is 2.77. The molecule has 0 heterocycles. The third kappa shape index (κ3) is 6.41. The van der Waals surface area contributed by atoms with Gasteiger partial charge >= 0.3 is 0 Å². The highest BCUT2D eigenvalue weighted by Gasteiger charge is 2.15. The minimum absolute atomic E-state index is 0.236. The maximum atomic E-state index is 11.2. The molecule has 0 saturated carbocycles. The fourth-order valence-electron chi connectivity index (χ4n) is 2.08. The Kier molecular flexibility index (Phi) is 6.83. The smallest absolute Gasteiger partial charge is 0.147 e. The van der Waals surface area contributed by atoms with Gasteiger partial charge in [0.2, 0.25) is 0 Å². The van der Waals surface area contributed by atoms with Crippen LogP contribution in [-0.4, -0.2) is 33.5 Å². The van der Waals surface area contributed by atoms with Crippen molar-refractivity contribution in [3.63, 3.8) is 0 Å². The van der Waals surface area contributed by atoms with Crippen LogP contribution in [0.25, 0.3) is 0 Å². The van der Waals surface area contributed by atoms with E-state index in [9.17, 15) is 8.42 Å². The summed E-state index contributed by atoms with van der Waals surface area (Å²) in [4.78, 5) is 0. The van der Waals surface area contributed by atoms with Crippen LogP contribution in [-0.2, 0) is 9.84 Å². The van der Waals surface area contributed by atoms with Crippen LogP contribution in [0.3, 0.4) is 0 Å². The van der Waals surface area contributed by atoms with Gasteiger partial charge in [-0.15, -0.1) is 0 Å². The molecule has 0 saturated heterocycles. The monoisotopic (exact) mass is 303 g/mol. The quantitative estimate of drug-likeness (QED) is 0.803. The molecule has 0 spiro atoms. The molecule has 1 aromatic rings. The SMILES string of the molecule is CCNCC(CCCS(C)(=O)=O)c1ccccc1Cl. The molecule has 0 bridgehead atoms. The van der Waals surface area contributed by atoms with Crippen molar-refractivity contribution in [2.24, 2.45) is 0 Å². The van der Waals surface area contributed by atoms with Gasteiger partial charge in [0.25, 0.3) is 0 Å². The third-order valence-corrected chi connectivity index (χ3v) is 4.43. The molecule has 0 aliphatic rings. The van der Waals surface area contributed by atoms with E-state index in [4.69, 9.17) is 11.6 Å². The molecule has 0 aromatic heterocycles. The normalized spacial score (nSPS) is 13.4. The molecule has 1 N–H and O–H groups in total. The fourth-order valence-corrected chi connectivity index (χ4v) is 3.07. The van der Waals surface area contributed by atoms with Gasteiger partial charge in [-0.05, 0) is 36.9 Å². The zero-order valence-corrected chi connectivity index (χ0v) is 13.1. The van der Waals surface area contributed by atoms with Gasteiger partial charge in [0, 0.05) is 23.6 Å². The lowest BCUT2D eigenvalue weighted by Gasteiger charge is -2.19. The van der Waals surface area contributed by atoms with Gasteiger partial charge in [-0.25, -0.2) is 8.42 Å². The maximum Gasteiger partial charge on any atom is 0.147 e. The first-order chi connectivity index (χ1) is 8.94. The van der Waals surface area contributed by atoms with E-state index in [1.807, 2.05) is 24.3 Å². The number of hydrogen-bond donors (Lipinski definition) is 1. The molecule has 1 aromatic carbocycles. The highest BCUT2D eigenvalue weighted by atomic mass is 35.5. The van der Waals surface area contributed by atoms with Crippen molar-refractivity contribution in [3.05, 3.63) is 34.9 Å².